The SMILES string of the molecule is CCC(C=C[C@@H](C)[C@H]1CC[C@H]2[C@@H]3CC=C4C[C@@H](O)CC[C@]4(C)[C@H]3CC[C@]12C)C(C)C. The summed E-state index contributed by atoms with van der Waals surface area (Å²) < 4.78 is 0. The molecule has 170 valence electrons. The normalized spacial score (nSPS) is 45.6. The molecule has 0 amide bonds. The van der Waals surface area contributed by atoms with E-state index >= 15 is 0 Å². The van der Waals surface area contributed by atoms with Gasteiger partial charge in [-0.25, -0.2) is 0 Å². The van der Waals surface area contributed by atoms with E-state index in [2.05, 4.69) is 59.8 Å². The highest BCUT2D eigenvalue weighted by Crippen LogP contribution is 2.67. The fourth-order valence-electron chi connectivity index (χ4n) is 8.83. The third-order valence-corrected chi connectivity index (χ3v) is 10.8. The van der Waals surface area contributed by atoms with Crippen LogP contribution in [0.4, 0.5) is 0 Å². The Labute approximate surface area is 186 Å². The van der Waals surface area contributed by atoms with Crippen molar-refractivity contribution in [3.63, 3.8) is 0 Å². The van der Waals surface area contributed by atoms with E-state index in [0.717, 1.165) is 48.3 Å². The Morgan fingerprint density at radius 3 is 2.50 bits per heavy atom. The van der Waals surface area contributed by atoms with Gasteiger partial charge in [-0.1, -0.05) is 65.3 Å². The molecule has 0 aromatic rings. The molecule has 0 aromatic carbocycles. The van der Waals surface area contributed by atoms with Crippen molar-refractivity contribution in [3.05, 3.63) is 23.8 Å². The molecule has 0 radical (unpaired) electrons. The van der Waals surface area contributed by atoms with E-state index < -0.39 is 0 Å². The van der Waals surface area contributed by atoms with Gasteiger partial charge in [-0.05, 0) is 110 Å². The fraction of sp³-hybridized carbons (Fsp3) is 0.862. The van der Waals surface area contributed by atoms with Gasteiger partial charge in [-0.15, -0.1) is 0 Å². The molecule has 0 heterocycles. The molecule has 3 saturated carbocycles. The molecule has 3 fully saturated rings. The maximum Gasteiger partial charge on any atom is 0.0577 e. The van der Waals surface area contributed by atoms with Crippen LogP contribution >= 0.6 is 0 Å². The summed E-state index contributed by atoms with van der Waals surface area (Å²) >= 11 is 0. The molecule has 0 aromatic heterocycles. The Hall–Kier alpha value is -0.560. The third-order valence-electron chi connectivity index (χ3n) is 10.8. The summed E-state index contributed by atoms with van der Waals surface area (Å²) in [5, 5.41) is 10.2. The molecule has 30 heavy (non-hydrogen) atoms. The van der Waals surface area contributed by atoms with Gasteiger partial charge in [-0.2, -0.15) is 0 Å². The minimum atomic E-state index is -0.0870. The van der Waals surface area contributed by atoms with Gasteiger partial charge in [0, 0.05) is 0 Å². The van der Waals surface area contributed by atoms with Crippen LogP contribution in [0.15, 0.2) is 23.8 Å². The smallest absolute Gasteiger partial charge is 0.0577 e. The zero-order valence-electron chi connectivity index (χ0n) is 20.7. The average molecular weight is 413 g/mol. The van der Waals surface area contributed by atoms with Crippen molar-refractivity contribution in [1.82, 2.24) is 0 Å². The summed E-state index contributed by atoms with van der Waals surface area (Å²) in [6.45, 7) is 14.8. The summed E-state index contributed by atoms with van der Waals surface area (Å²) in [5.74, 6) is 5.70. The van der Waals surface area contributed by atoms with Crippen molar-refractivity contribution in [3.8, 4) is 0 Å². The highest BCUT2D eigenvalue weighted by atomic mass is 16.3. The van der Waals surface area contributed by atoms with Gasteiger partial charge in [0.25, 0.3) is 0 Å². The predicted molar refractivity (Wildman–Crippen MR) is 128 cm³/mol. The van der Waals surface area contributed by atoms with Crippen LogP contribution in [0.5, 0.6) is 0 Å². The average Bonchev–Trinajstić information content (AvgIpc) is 3.06. The van der Waals surface area contributed by atoms with Crippen LogP contribution < -0.4 is 0 Å². The Morgan fingerprint density at radius 2 is 1.80 bits per heavy atom. The Kier molecular flexibility index (Phi) is 6.35. The van der Waals surface area contributed by atoms with Crippen LogP contribution in [0, 0.1) is 52.3 Å². The Balaban J connectivity index is 1.52. The van der Waals surface area contributed by atoms with E-state index in [1.54, 1.807) is 5.57 Å². The molecule has 1 N–H and O–H groups in total. The molecule has 4 aliphatic rings. The molecule has 1 nitrogen and oxygen atoms in total. The summed E-state index contributed by atoms with van der Waals surface area (Å²) in [7, 11) is 0. The van der Waals surface area contributed by atoms with Gasteiger partial charge in [0.15, 0.2) is 0 Å². The van der Waals surface area contributed by atoms with E-state index in [0.29, 0.717) is 16.7 Å². The van der Waals surface area contributed by atoms with Crippen LogP contribution in [0.3, 0.4) is 0 Å². The van der Waals surface area contributed by atoms with Crippen LogP contribution in [0.1, 0.15) is 99.3 Å². The number of fused-ring (bicyclic) bond motifs is 5. The Bertz CT molecular complexity index is 674. The molecule has 0 bridgehead atoms. The highest BCUT2D eigenvalue weighted by molar-refractivity contribution is 5.25. The number of rotatable bonds is 5. The van der Waals surface area contributed by atoms with Gasteiger partial charge in [0.1, 0.15) is 0 Å². The standard InChI is InChI=1S/C29H48O/c1-7-21(19(2)3)9-8-20(4)25-12-13-26-24-11-10-22-18-23(30)14-16-28(22,5)27(24)15-17-29(25,26)6/h8-10,19-21,23-27,30H,7,11-18H2,1-6H3/t20-,21?,23+,24+,25-,26+,27+,28+,29-/m1/s1. The number of aliphatic hydroxyl groups is 1. The lowest BCUT2D eigenvalue weighted by atomic mass is 9.47. The first-order valence-corrected chi connectivity index (χ1v) is 13.3. The maximum atomic E-state index is 10.2. The molecule has 1 heteroatoms. The topological polar surface area (TPSA) is 20.2 Å². The van der Waals surface area contributed by atoms with Gasteiger partial charge in [0.2, 0.25) is 0 Å². The van der Waals surface area contributed by atoms with E-state index in [9.17, 15) is 5.11 Å². The molecule has 0 aliphatic heterocycles. The lowest BCUT2D eigenvalue weighted by molar-refractivity contribution is -0.0540. The van der Waals surface area contributed by atoms with Crippen molar-refractivity contribution < 1.29 is 5.11 Å². The van der Waals surface area contributed by atoms with E-state index in [1.165, 1.54) is 44.9 Å². The van der Waals surface area contributed by atoms with Crippen molar-refractivity contribution in [1.29, 1.82) is 0 Å². The van der Waals surface area contributed by atoms with Crippen molar-refractivity contribution in [2.45, 2.75) is 105 Å². The molecule has 0 spiro atoms. The quantitative estimate of drug-likeness (QED) is 0.457. The van der Waals surface area contributed by atoms with Crippen molar-refractivity contribution >= 4 is 0 Å². The summed E-state index contributed by atoms with van der Waals surface area (Å²) in [4.78, 5) is 0. The lowest BCUT2D eigenvalue weighted by Crippen LogP contribution is -2.50. The van der Waals surface area contributed by atoms with Gasteiger partial charge in [-0.3, -0.25) is 0 Å². The van der Waals surface area contributed by atoms with Gasteiger partial charge in [0.05, 0.1) is 6.10 Å². The first-order chi connectivity index (χ1) is 14.2. The zero-order chi connectivity index (χ0) is 21.7. The molecule has 9 atom stereocenters. The second kappa shape index (κ2) is 8.42. The molecule has 0 saturated heterocycles. The van der Waals surface area contributed by atoms with Crippen LogP contribution in [-0.4, -0.2) is 11.2 Å². The van der Waals surface area contributed by atoms with Crippen LogP contribution in [0.2, 0.25) is 0 Å². The number of allylic oxidation sites excluding steroid dienone is 3. The highest BCUT2D eigenvalue weighted by Gasteiger charge is 2.58. The largest absolute Gasteiger partial charge is 0.393 e. The van der Waals surface area contributed by atoms with Gasteiger partial charge >= 0.3 is 0 Å². The molecule has 1 unspecified atom stereocenters. The second-order valence-electron chi connectivity index (χ2n) is 12.4. The van der Waals surface area contributed by atoms with Crippen molar-refractivity contribution in [2.24, 2.45) is 52.3 Å². The van der Waals surface area contributed by atoms with Crippen LogP contribution in [0.25, 0.3) is 0 Å². The maximum absolute atomic E-state index is 10.2. The van der Waals surface area contributed by atoms with E-state index in [4.69, 9.17) is 0 Å². The second-order valence-corrected chi connectivity index (χ2v) is 12.4. The summed E-state index contributed by atoms with van der Waals surface area (Å²) in [5.41, 5.74) is 2.51. The van der Waals surface area contributed by atoms with Crippen molar-refractivity contribution in [2.75, 3.05) is 0 Å². The third kappa shape index (κ3) is 3.66. The monoisotopic (exact) mass is 412 g/mol. The molecule has 4 rings (SSSR count). The number of aliphatic hydroxyl groups excluding tert-OH is 1. The predicted octanol–water partition coefficient (Wildman–Crippen LogP) is 7.80. The van der Waals surface area contributed by atoms with Crippen LogP contribution in [-0.2, 0) is 0 Å². The molecular formula is C29H48O. The summed E-state index contributed by atoms with van der Waals surface area (Å²) in [6.07, 6.45) is 19.1. The fourth-order valence-corrected chi connectivity index (χ4v) is 8.83. The first-order valence-electron chi connectivity index (χ1n) is 13.3. The van der Waals surface area contributed by atoms with E-state index in [1.807, 2.05) is 0 Å². The van der Waals surface area contributed by atoms with E-state index in [-0.39, 0.29) is 6.10 Å². The molecule has 4 aliphatic carbocycles. The lowest BCUT2D eigenvalue weighted by Gasteiger charge is -2.58. The minimum absolute atomic E-state index is 0.0870. The molecular weight excluding hydrogens is 364 g/mol. The Morgan fingerprint density at radius 1 is 1.03 bits per heavy atom. The number of hydrogen-bond donors (Lipinski definition) is 1. The first kappa shape index (κ1) is 22.6. The van der Waals surface area contributed by atoms with Gasteiger partial charge < -0.3 is 5.11 Å². The number of hydrogen-bond acceptors (Lipinski definition) is 1. The summed E-state index contributed by atoms with van der Waals surface area (Å²) in [6, 6.07) is 0. The minimum Gasteiger partial charge on any atom is -0.393 e. The zero-order valence-corrected chi connectivity index (χ0v) is 20.7.